The average Bonchev–Trinajstić information content (AvgIpc) is 2.80. The third-order valence-corrected chi connectivity index (χ3v) is 5.29. The second-order valence-corrected chi connectivity index (χ2v) is 7.12. The molecule has 0 spiro atoms. The third-order valence-electron chi connectivity index (χ3n) is 3.51. The molecule has 0 radical (unpaired) electrons. The van der Waals surface area contributed by atoms with E-state index < -0.39 is 34.2 Å². The minimum atomic E-state index is -4.09. The average molecular weight is 353 g/mol. The second-order valence-electron chi connectivity index (χ2n) is 5.30. The van der Waals surface area contributed by atoms with Crippen molar-refractivity contribution in [1.82, 2.24) is 4.31 Å². The fourth-order valence-electron chi connectivity index (χ4n) is 2.28. The van der Waals surface area contributed by atoms with Gasteiger partial charge >= 0.3 is 12.1 Å². The Morgan fingerprint density at radius 1 is 1.33 bits per heavy atom. The molecule has 1 heterocycles. The smallest absolute Gasteiger partial charge is 0.424 e. The number of carbonyl (C=O) groups is 2. The first kappa shape index (κ1) is 18.0. The molecule has 1 amide bonds. The largest absolute Gasteiger partial charge is 0.463 e. The zero-order valence-corrected chi connectivity index (χ0v) is 14.4. The Labute approximate surface area is 140 Å². The molecule has 2 atom stereocenters. The van der Waals surface area contributed by atoms with Crippen LogP contribution < -0.4 is 0 Å². The van der Waals surface area contributed by atoms with Crippen LogP contribution in [-0.2, 0) is 24.3 Å². The molecular formula is C16H19NO6S. The van der Waals surface area contributed by atoms with Gasteiger partial charge in [-0.25, -0.2) is 18.0 Å². The van der Waals surface area contributed by atoms with E-state index in [-0.39, 0.29) is 11.5 Å². The van der Waals surface area contributed by atoms with Gasteiger partial charge < -0.3 is 9.47 Å². The van der Waals surface area contributed by atoms with E-state index in [1.54, 1.807) is 26.0 Å². The number of cyclic esters (lactones) is 1. The first-order chi connectivity index (χ1) is 11.3. The van der Waals surface area contributed by atoms with Gasteiger partial charge in [-0.05, 0) is 39.0 Å². The van der Waals surface area contributed by atoms with Gasteiger partial charge in [0, 0.05) is 6.08 Å². The van der Waals surface area contributed by atoms with E-state index in [4.69, 9.17) is 9.47 Å². The summed E-state index contributed by atoms with van der Waals surface area (Å²) in [6.45, 7) is 5.24. The monoisotopic (exact) mass is 353 g/mol. The number of aryl methyl sites for hydroxylation is 1. The van der Waals surface area contributed by atoms with Crippen LogP contribution in [0, 0.1) is 6.92 Å². The standard InChI is InChI=1S/C16H19NO6S/c1-4-22-15(18)10-9-14-12(3)23-16(19)17(14)24(20,21)13-7-5-11(2)6-8-13/h5-10,12,14H,4H2,1-3H3/b10-9+/t12-,14-/m1/s1. The molecule has 0 N–H and O–H groups in total. The summed E-state index contributed by atoms with van der Waals surface area (Å²) in [5, 5.41) is 0. The van der Waals surface area contributed by atoms with Gasteiger partial charge in [0.15, 0.2) is 0 Å². The minimum absolute atomic E-state index is 0.0197. The lowest BCUT2D eigenvalue weighted by Gasteiger charge is -2.20. The Morgan fingerprint density at radius 3 is 2.54 bits per heavy atom. The zero-order valence-electron chi connectivity index (χ0n) is 13.6. The van der Waals surface area contributed by atoms with Crippen LogP contribution in [-0.4, -0.2) is 43.5 Å². The molecule has 0 aromatic heterocycles. The molecule has 1 saturated heterocycles. The molecule has 8 heteroatoms. The number of sulfonamides is 1. The van der Waals surface area contributed by atoms with Crippen molar-refractivity contribution in [2.45, 2.75) is 37.8 Å². The summed E-state index contributed by atoms with van der Waals surface area (Å²) < 4.78 is 35.9. The van der Waals surface area contributed by atoms with Gasteiger partial charge in [-0.1, -0.05) is 17.7 Å². The number of hydrogen-bond acceptors (Lipinski definition) is 6. The lowest BCUT2D eigenvalue weighted by Crippen LogP contribution is -2.39. The first-order valence-corrected chi connectivity index (χ1v) is 8.88. The molecule has 2 rings (SSSR count). The number of amides is 1. The number of ether oxygens (including phenoxy) is 2. The van der Waals surface area contributed by atoms with E-state index >= 15 is 0 Å². The lowest BCUT2D eigenvalue weighted by atomic mass is 10.2. The van der Waals surface area contributed by atoms with E-state index in [9.17, 15) is 18.0 Å². The molecule has 130 valence electrons. The number of rotatable bonds is 5. The minimum Gasteiger partial charge on any atom is -0.463 e. The highest BCUT2D eigenvalue weighted by atomic mass is 32.2. The van der Waals surface area contributed by atoms with Gasteiger partial charge in [0.25, 0.3) is 10.0 Å². The van der Waals surface area contributed by atoms with Crippen LogP contribution in [0.25, 0.3) is 0 Å². The highest BCUT2D eigenvalue weighted by Gasteiger charge is 2.45. The van der Waals surface area contributed by atoms with Gasteiger partial charge in [-0.2, -0.15) is 4.31 Å². The molecule has 7 nitrogen and oxygen atoms in total. The normalized spacial score (nSPS) is 21.1. The van der Waals surface area contributed by atoms with E-state index in [1.807, 2.05) is 6.92 Å². The fourth-order valence-corrected chi connectivity index (χ4v) is 3.79. The first-order valence-electron chi connectivity index (χ1n) is 7.44. The zero-order chi connectivity index (χ0) is 17.9. The van der Waals surface area contributed by atoms with Crippen molar-refractivity contribution < 1.29 is 27.5 Å². The topological polar surface area (TPSA) is 90.0 Å². The summed E-state index contributed by atoms with van der Waals surface area (Å²) in [7, 11) is -4.09. The Morgan fingerprint density at radius 2 is 1.96 bits per heavy atom. The third kappa shape index (κ3) is 3.59. The Balaban J connectivity index is 2.35. The summed E-state index contributed by atoms with van der Waals surface area (Å²) in [5.41, 5.74) is 0.894. The molecule has 0 unspecified atom stereocenters. The van der Waals surface area contributed by atoms with E-state index in [0.717, 1.165) is 11.6 Å². The second kappa shape index (κ2) is 7.04. The molecular weight excluding hydrogens is 334 g/mol. The number of nitrogens with zero attached hydrogens (tertiary/aromatic N) is 1. The molecule has 1 fully saturated rings. The molecule has 1 aliphatic rings. The summed E-state index contributed by atoms with van der Waals surface area (Å²) in [5.74, 6) is -0.614. The summed E-state index contributed by atoms with van der Waals surface area (Å²) in [4.78, 5) is 23.5. The molecule has 0 aliphatic carbocycles. The van der Waals surface area contributed by atoms with E-state index in [2.05, 4.69) is 0 Å². The molecule has 0 saturated carbocycles. The van der Waals surface area contributed by atoms with Gasteiger partial charge in [-0.3, -0.25) is 0 Å². The summed E-state index contributed by atoms with van der Waals surface area (Å²) in [6.07, 6.45) is 0.717. The lowest BCUT2D eigenvalue weighted by molar-refractivity contribution is -0.137. The van der Waals surface area contributed by atoms with Crippen molar-refractivity contribution in [1.29, 1.82) is 0 Å². The molecule has 0 bridgehead atoms. The van der Waals surface area contributed by atoms with Crippen LogP contribution in [0.15, 0.2) is 41.3 Å². The Bertz CT molecular complexity index is 753. The maximum Gasteiger partial charge on any atom is 0.424 e. The molecule has 1 aromatic carbocycles. The van der Waals surface area contributed by atoms with Crippen LogP contribution in [0.3, 0.4) is 0 Å². The maximum atomic E-state index is 12.8. The van der Waals surface area contributed by atoms with Gasteiger partial charge in [-0.15, -0.1) is 0 Å². The van der Waals surface area contributed by atoms with Gasteiger partial charge in [0.1, 0.15) is 12.1 Å². The van der Waals surface area contributed by atoms with Crippen LogP contribution in [0.5, 0.6) is 0 Å². The van der Waals surface area contributed by atoms with Crippen molar-refractivity contribution in [3.8, 4) is 0 Å². The SMILES string of the molecule is CCOC(=O)/C=C/[C@@H]1[C@@H](C)OC(=O)N1S(=O)(=O)c1ccc(C)cc1. The van der Waals surface area contributed by atoms with Crippen LogP contribution >= 0.6 is 0 Å². The molecule has 24 heavy (non-hydrogen) atoms. The molecule has 1 aliphatic heterocycles. The van der Waals surface area contributed by atoms with Crippen molar-refractivity contribution in [3.05, 3.63) is 42.0 Å². The number of hydrogen-bond donors (Lipinski definition) is 0. The number of esters is 1. The molecule has 1 aromatic rings. The quantitative estimate of drug-likeness (QED) is 0.594. The Hall–Kier alpha value is -2.35. The van der Waals surface area contributed by atoms with Crippen molar-refractivity contribution >= 4 is 22.1 Å². The fraction of sp³-hybridized carbons (Fsp3) is 0.375. The van der Waals surface area contributed by atoms with Crippen molar-refractivity contribution in [2.24, 2.45) is 0 Å². The van der Waals surface area contributed by atoms with E-state index in [0.29, 0.717) is 4.31 Å². The Kier molecular flexibility index (Phi) is 5.28. The number of carbonyl (C=O) groups excluding carboxylic acids is 2. The summed E-state index contributed by atoms with van der Waals surface area (Å²) >= 11 is 0. The van der Waals surface area contributed by atoms with Crippen LogP contribution in [0.2, 0.25) is 0 Å². The highest BCUT2D eigenvalue weighted by molar-refractivity contribution is 7.89. The predicted molar refractivity (Wildman–Crippen MR) is 85.7 cm³/mol. The number of benzene rings is 1. The predicted octanol–water partition coefficient (Wildman–Crippen LogP) is 2.01. The van der Waals surface area contributed by atoms with Crippen LogP contribution in [0.1, 0.15) is 19.4 Å². The van der Waals surface area contributed by atoms with E-state index in [1.165, 1.54) is 18.2 Å². The van der Waals surface area contributed by atoms with Crippen molar-refractivity contribution in [2.75, 3.05) is 6.61 Å². The van der Waals surface area contributed by atoms with Crippen molar-refractivity contribution in [3.63, 3.8) is 0 Å². The summed E-state index contributed by atoms with van der Waals surface area (Å²) in [6, 6.07) is 5.20. The maximum absolute atomic E-state index is 12.8. The van der Waals surface area contributed by atoms with Gasteiger partial charge in [0.05, 0.1) is 11.5 Å². The highest BCUT2D eigenvalue weighted by Crippen LogP contribution is 2.28. The van der Waals surface area contributed by atoms with Crippen LogP contribution in [0.4, 0.5) is 4.79 Å². The van der Waals surface area contributed by atoms with Gasteiger partial charge in [0.2, 0.25) is 0 Å².